The molecule has 1 aliphatic heterocycles. The van der Waals surface area contributed by atoms with Gasteiger partial charge in [-0.05, 0) is 0 Å². The third-order valence-corrected chi connectivity index (χ3v) is 7.00. The molecule has 1 aliphatic rings. The molecule has 0 spiro atoms. The third-order valence-electron chi connectivity index (χ3n) is 4.44. The van der Waals surface area contributed by atoms with E-state index < -0.39 is 42.4 Å². The number of amides is 2. The molecule has 14 heteroatoms. The third kappa shape index (κ3) is 9.07. The first kappa shape index (κ1) is 28.4. The zero-order chi connectivity index (χ0) is 24.4. The number of hydrogen-bond acceptors (Lipinski definition) is 11. The lowest BCUT2D eigenvalue weighted by Gasteiger charge is -2.39. The van der Waals surface area contributed by atoms with Crippen LogP contribution in [0.2, 0.25) is 0 Å². The number of carbonyl (C=O) groups is 4. The van der Waals surface area contributed by atoms with E-state index in [-0.39, 0.29) is 38.4 Å². The van der Waals surface area contributed by atoms with Crippen molar-refractivity contribution in [2.24, 2.45) is 5.41 Å². The summed E-state index contributed by atoms with van der Waals surface area (Å²) >= 11 is 1.16. The minimum absolute atomic E-state index is 0.00455. The van der Waals surface area contributed by atoms with Crippen LogP contribution in [-0.4, -0.2) is 81.9 Å². The van der Waals surface area contributed by atoms with Crippen molar-refractivity contribution < 1.29 is 46.8 Å². The number of nitrogens with one attached hydrogen (secondary N) is 2. The first-order chi connectivity index (χ1) is 15.0. The second-order valence-electron chi connectivity index (χ2n) is 7.43. The van der Waals surface area contributed by atoms with Crippen molar-refractivity contribution in [3.05, 3.63) is 0 Å². The minimum Gasteiger partial charge on any atom is -0.469 e. The van der Waals surface area contributed by atoms with Crippen LogP contribution < -0.4 is 10.6 Å². The van der Waals surface area contributed by atoms with Gasteiger partial charge in [0.25, 0.3) is 0 Å². The molecule has 12 nitrogen and oxygen atoms in total. The molecule has 1 fully saturated rings. The molecule has 0 aliphatic carbocycles. The fourth-order valence-corrected chi connectivity index (χ4v) is 4.94. The molecule has 184 valence electrons. The minimum atomic E-state index is -3.79. The van der Waals surface area contributed by atoms with E-state index in [0.29, 0.717) is 5.75 Å². The van der Waals surface area contributed by atoms with E-state index in [2.05, 4.69) is 20.1 Å². The quantitative estimate of drug-likeness (QED) is 0.221. The zero-order valence-electron chi connectivity index (χ0n) is 18.8. The molecule has 2 N–H and O–H groups in total. The fraction of sp³-hybridized carbons (Fsp3) is 0.778. The summed E-state index contributed by atoms with van der Waals surface area (Å²) in [5.41, 5.74) is -0.740. The first-order valence-corrected chi connectivity index (χ1v) is 12.3. The van der Waals surface area contributed by atoms with E-state index in [0.717, 1.165) is 11.8 Å². The summed E-state index contributed by atoms with van der Waals surface area (Å²) in [6, 6.07) is 0. The molecule has 1 heterocycles. The number of rotatable bonds is 12. The lowest BCUT2D eigenvalue weighted by atomic mass is 9.87. The van der Waals surface area contributed by atoms with Crippen LogP contribution >= 0.6 is 19.6 Å². The van der Waals surface area contributed by atoms with E-state index in [4.69, 9.17) is 13.6 Å². The Morgan fingerprint density at radius 2 is 1.81 bits per heavy atom. The first-order valence-electron chi connectivity index (χ1n) is 9.77. The highest BCUT2D eigenvalue weighted by Gasteiger charge is 2.48. The van der Waals surface area contributed by atoms with Crippen LogP contribution in [0.4, 0.5) is 0 Å². The van der Waals surface area contributed by atoms with Crippen LogP contribution in [0.5, 0.6) is 0 Å². The predicted octanol–water partition coefficient (Wildman–Crippen LogP) is 0.643. The van der Waals surface area contributed by atoms with Gasteiger partial charge in [-0.3, -0.25) is 32.7 Å². The Bertz CT molecular complexity index is 733. The molecular formula is C18H31N2O10PS. The summed E-state index contributed by atoms with van der Waals surface area (Å²) in [5.74, 6) is -1.56. The van der Waals surface area contributed by atoms with Gasteiger partial charge in [-0.1, -0.05) is 13.8 Å². The second-order valence-corrected chi connectivity index (χ2v) is 10.5. The molecule has 2 unspecified atom stereocenters. The number of methoxy groups -OCH3 is 2. The zero-order valence-corrected chi connectivity index (χ0v) is 20.5. The number of thioether (sulfide) groups is 1. The maximum Gasteiger partial charge on any atom is 0.475 e. The molecule has 2 amide bonds. The van der Waals surface area contributed by atoms with Crippen LogP contribution in [-0.2, 0) is 46.8 Å². The standard InChI is InChI=1S/C18H31N2O10PS/c1-18(2)11-29-31(25,28-5)30-15(18)16(23)20-7-6-13(21)19-8-9-32-12(17(24)27-4)10-14(22)26-3/h12,15H,6-11H2,1-5H3,(H,19,21)(H,20,23)/t12?,15-,31?/m0/s1. The lowest BCUT2D eigenvalue weighted by molar-refractivity contribution is -0.146. The van der Waals surface area contributed by atoms with Gasteiger partial charge in [0, 0.05) is 37.8 Å². The Hall–Kier alpha value is -1.66. The van der Waals surface area contributed by atoms with Crippen LogP contribution in [0.15, 0.2) is 0 Å². The lowest BCUT2D eigenvalue weighted by Crippen LogP contribution is -2.50. The molecule has 32 heavy (non-hydrogen) atoms. The van der Waals surface area contributed by atoms with Crippen LogP contribution in [0, 0.1) is 5.41 Å². The van der Waals surface area contributed by atoms with Gasteiger partial charge in [-0.15, -0.1) is 11.8 Å². The molecule has 1 rings (SSSR count). The molecule has 0 saturated carbocycles. The van der Waals surface area contributed by atoms with Crippen molar-refractivity contribution in [2.75, 3.05) is 46.8 Å². The number of carbonyl (C=O) groups excluding carboxylic acids is 4. The van der Waals surface area contributed by atoms with Crippen LogP contribution in [0.3, 0.4) is 0 Å². The number of esters is 2. The maximum atomic E-state index is 12.5. The van der Waals surface area contributed by atoms with Gasteiger partial charge in [0.05, 0.1) is 27.2 Å². The van der Waals surface area contributed by atoms with Gasteiger partial charge < -0.3 is 20.1 Å². The van der Waals surface area contributed by atoms with Gasteiger partial charge in [-0.2, -0.15) is 0 Å². The highest BCUT2D eigenvalue weighted by molar-refractivity contribution is 8.00. The summed E-state index contributed by atoms with van der Waals surface area (Å²) in [7, 11) is -0.167. The SMILES string of the molecule is COC(=O)CC(SCCNC(=O)CCNC(=O)[C@@H]1OP(=O)(OC)OCC1(C)C)C(=O)OC. The largest absolute Gasteiger partial charge is 0.475 e. The van der Waals surface area contributed by atoms with Gasteiger partial charge in [0.2, 0.25) is 11.8 Å². The number of hydrogen-bond donors (Lipinski definition) is 2. The van der Waals surface area contributed by atoms with Gasteiger partial charge >= 0.3 is 19.8 Å². The second kappa shape index (κ2) is 13.1. The number of phosphoric ester groups is 1. The van der Waals surface area contributed by atoms with E-state index in [1.165, 1.54) is 21.3 Å². The summed E-state index contributed by atoms with van der Waals surface area (Å²) in [4.78, 5) is 47.5. The van der Waals surface area contributed by atoms with Gasteiger partial charge in [0.15, 0.2) is 6.10 Å². The Kier molecular flexibility index (Phi) is 11.7. The Morgan fingerprint density at radius 3 is 2.41 bits per heavy atom. The summed E-state index contributed by atoms with van der Waals surface area (Å²) in [6.45, 7) is 3.75. The van der Waals surface area contributed by atoms with E-state index in [1.807, 2.05) is 0 Å². The fourth-order valence-electron chi connectivity index (χ4n) is 2.57. The van der Waals surface area contributed by atoms with Crippen molar-refractivity contribution >= 4 is 43.3 Å². The van der Waals surface area contributed by atoms with Crippen molar-refractivity contribution in [1.29, 1.82) is 0 Å². The van der Waals surface area contributed by atoms with Crippen molar-refractivity contribution in [1.82, 2.24) is 10.6 Å². The molecule has 0 aromatic carbocycles. The Balaban J connectivity index is 2.37. The monoisotopic (exact) mass is 498 g/mol. The highest BCUT2D eigenvalue weighted by atomic mass is 32.2. The Labute approximate surface area is 191 Å². The predicted molar refractivity (Wildman–Crippen MR) is 115 cm³/mol. The average molecular weight is 498 g/mol. The van der Waals surface area contributed by atoms with E-state index in [9.17, 15) is 23.7 Å². The van der Waals surface area contributed by atoms with Crippen molar-refractivity contribution in [2.45, 2.75) is 38.0 Å². The van der Waals surface area contributed by atoms with Gasteiger partial charge in [0.1, 0.15) is 5.25 Å². The van der Waals surface area contributed by atoms with E-state index >= 15 is 0 Å². The topological polar surface area (TPSA) is 156 Å². The smallest absolute Gasteiger partial charge is 0.469 e. The summed E-state index contributed by atoms with van der Waals surface area (Å²) in [5, 5.41) is 4.52. The molecule has 3 atom stereocenters. The highest BCUT2D eigenvalue weighted by Crippen LogP contribution is 2.56. The average Bonchev–Trinajstić information content (AvgIpc) is 2.76. The van der Waals surface area contributed by atoms with E-state index in [1.54, 1.807) is 13.8 Å². The molecule has 1 saturated heterocycles. The molecule has 0 aromatic rings. The van der Waals surface area contributed by atoms with Crippen molar-refractivity contribution in [3.8, 4) is 0 Å². The molecular weight excluding hydrogens is 467 g/mol. The van der Waals surface area contributed by atoms with Crippen molar-refractivity contribution in [3.63, 3.8) is 0 Å². The summed E-state index contributed by atoms with van der Waals surface area (Å²) in [6.07, 6.45) is -1.19. The number of ether oxygens (including phenoxy) is 2. The maximum absolute atomic E-state index is 12.5. The molecule has 0 bridgehead atoms. The van der Waals surface area contributed by atoms with Crippen LogP contribution in [0.25, 0.3) is 0 Å². The molecule has 0 radical (unpaired) electrons. The Morgan fingerprint density at radius 1 is 1.12 bits per heavy atom. The normalized spacial score (nSPS) is 23.0. The number of phosphoric acid groups is 1. The summed E-state index contributed by atoms with van der Waals surface area (Å²) < 4.78 is 36.4. The van der Waals surface area contributed by atoms with Gasteiger partial charge in [-0.25, -0.2) is 4.57 Å². The van der Waals surface area contributed by atoms with Crippen LogP contribution in [0.1, 0.15) is 26.7 Å². The molecule has 0 aromatic heterocycles.